The predicted octanol–water partition coefficient (Wildman–Crippen LogP) is 2.49. The molecule has 6 nitrogen and oxygen atoms in total. The molecule has 7 heteroatoms. The van der Waals surface area contributed by atoms with Crippen molar-refractivity contribution in [3.63, 3.8) is 0 Å². The fourth-order valence-corrected chi connectivity index (χ4v) is 3.13. The fourth-order valence-electron chi connectivity index (χ4n) is 3.13. The number of hydrogen-bond donors (Lipinski definition) is 1. The molecular formula is C19H18FNO5. The third kappa shape index (κ3) is 3.08. The van der Waals surface area contributed by atoms with Crippen LogP contribution in [-0.2, 0) is 17.8 Å². The van der Waals surface area contributed by atoms with Gasteiger partial charge >= 0.3 is 5.97 Å². The van der Waals surface area contributed by atoms with Crippen molar-refractivity contribution in [1.82, 2.24) is 4.90 Å². The summed E-state index contributed by atoms with van der Waals surface area (Å²) in [4.78, 5) is 25.8. The quantitative estimate of drug-likeness (QED) is 0.908. The molecule has 3 rings (SSSR count). The molecule has 136 valence electrons. The Bertz CT molecular complexity index is 867. The van der Waals surface area contributed by atoms with Gasteiger partial charge in [-0.3, -0.25) is 4.79 Å². The molecule has 0 bridgehead atoms. The van der Waals surface area contributed by atoms with Crippen LogP contribution in [0.1, 0.15) is 21.5 Å². The number of ether oxygens (including phenoxy) is 2. The zero-order chi connectivity index (χ0) is 18.8. The summed E-state index contributed by atoms with van der Waals surface area (Å²) in [6.07, 6.45) is 0.173. The first-order valence-corrected chi connectivity index (χ1v) is 7.98. The minimum Gasteiger partial charge on any atom is -0.493 e. The molecule has 1 heterocycles. The number of carbonyl (C=O) groups excluding carboxylic acids is 1. The van der Waals surface area contributed by atoms with Gasteiger partial charge in [-0.1, -0.05) is 24.3 Å². The standard InChI is InChI=1S/C19H18FNO5/c1-25-16-8-13(14(20)9-17(16)26-2)18(22)21-10-12-6-4-3-5-11(12)7-15(21)19(23)24/h3-6,8-9,15H,7,10H2,1-2H3,(H,23,24). The van der Waals surface area contributed by atoms with Gasteiger partial charge in [0.15, 0.2) is 11.5 Å². The van der Waals surface area contributed by atoms with Crippen molar-refractivity contribution in [3.05, 3.63) is 58.9 Å². The van der Waals surface area contributed by atoms with Crippen LogP contribution in [0.2, 0.25) is 0 Å². The Morgan fingerprint density at radius 1 is 1.12 bits per heavy atom. The molecule has 0 spiro atoms. The molecule has 2 aromatic carbocycles. The smallest absolute Gasteiger partial charge is 0.326 e. The minimum atomic E-state index is -1.13. The second-order valence-electron chi connectivity index (χ2n) is 5.95. The van der Waals surface area contributed by atoms with Crippen molar-refractivity contribution >= 4 is 11.9 Å². The Morgan fingerprint density at radius 2 is 1.73 bits per heavy atom. The van der Waals surface area contributed by atoms with Gasteiger partial charge in [-0.05, 0) is 17.2 Å². The lowest BCUT2D eigenvalue weighted by molar-refractivity contribution is -0.142. The summed E-state index contributed by atoms with van der Waals surface area (Å²) < 4.78 is 24.6. The van der Waals surface area contributed by atoms with Crippen molar-refractivity contribution in [2.24, 2.45) is 0 Å². The van der Waals surface area contributed by atoms with E-state index in [0.717, 1.165) is 17.2 Å². The van der Waals surface area contributed by atoms with Gasteiger partial charge in [0.2, 0.25) is 0 Å². The molecule has 0 fully saturated rings. The predicted molar refractivity (Wildman–Crippen MR) is 90.9 cm³/mol. The molecule has 0 saturated heterocycles. The molecular weight excluding hydrogens is 341 g/mol. The van der Waals surface area contributed by atoms with Crippen LogP contribution in [0.3, 0.4) is 0 Å². The number of carboxylic acid groups (broad SMARTS) is 1. The Kier molecular flexibility index (Phi) is 4.79. The lowest BCUT2D eigenvalue weighted by Gasteiger charge is -2.34. The van der Waals surface area contributed by atoms with Crippen molar-refractivity contribution < 1.29 is 28.6 Å². The third-order valence-corrected chi connectivity index (χ3v) is 4.50. The van der Waals surface area contributed by atoms with Crippen LogP contribution in [-0.4, -0.2) is 42.1 Å². The van der Waals surface area contributed by atoms with E-state index in [9.17, 15) is 19.1 Å². The van der Waals surface area contributed by atoms with Crippen LogP contribution in [0.15, 0.2) is 36.4 Å². The van der Waals surface area contributed by atoms with E-state index in [2.05, 4.69) is 0 Å². The molecule has 1 N–H and O–H groups in total. The molecule has 2 aromatic rings. The summed E-state index contributed by atoms with van der Waals surface area (Å²) >= 11 is 0. The van der Waals surface area contributed by atoms with Crippen molar-refractivity contribution in [3.8, 4) is 11.5 Å². The number of aliphatic carboxylic acids is 1. The number of carboxylic acids is 1. The minimum absolute atomic E-state index is 0.0970. The van der Waals surface area contributed by atoms with Gasteiger partial charge in [0.1, 0.15) is 11.9 Å². The molecule has 1 unspecified atom stereocenters. The second kappa shape index (κ2) is 7.03. The zero-order valence-electron chi connectivity index (χ0n) is 14.4. The van der Waals surface area contributed by atoms with Gasteiger partial charge in [0.25, 0.3) is 5.91 Å². The number of amides is 1. The van der Waals surface area contributed by atoms with E-state index < -0.39 is 23.7 Å². The first kappa shape index (κ1) is 17.7. The number of methoxy groups -OCH3 is 2. The Labute approximate surface area is 149 Å². The maximum atomic E-state index is 14.5. The summed E-state index contributed by atoms with van der Waals surface area (Å²) in [5.41, 5.74) is 1.46. The van der Waals surface area contributed by atoms with Crippen molar-refractivity contribution in [1.29, 1.82) is 0 Å². The topological polar surface area (TPSA) is 76.1 Å². The van der Waals surface area contributed by atoms with E-state index in [1.54, 1.807) is 0 Å². The molecule has 0 aliphatic carbocycles. The van der Waals surface area contributed by atoms with Gasteiger partial charge in [-0.2, -0.15) is 0 Å². The molecule has 0 radical (unpaired) electrons. The van der Waals surface area contributed by atoms with Crippen LogP contribution >= 0.6 is 0 Å². The Morgan fingerprint density at radius 3 is 2.35 bits per heavy atom. The zero-order valence-corrected chi connectivity index (χ0v) is 14.4. The van der Waals surface area contributed by atoms with Crippen LogP contribution in [0, 0.1) is 5.82 Å². The molecule has 26 heavy (non-hydrogen) atoms. The fraction of sp³-hybridized carbons (Fsp3) is 0.263. The molecule has 0 aromatic heterocycles. The van der Waals surface area contributed by atoms with Crippen molar-refractivity contribution in [2.75, 3.05) is 14.2 Å². The van der Waals surface area contributed by atoms with E-state index >= 15 is 0 Å². The number of carbonyl (C=O) groups is 2. The summed E-state index contributed by atoms with van der Waals surface area (Å²) in [7, 11) is 2.74. The largest absolute Gasteiger partial charge is 0.493 e. The highest BCUT2D eigenvalue weighted by atomic mass is 19.1. The van der Waals surface area contributed by atoms with Crippen LogP contribution < -0.4 is 9.47 Å². The lowest BCUT2D eigenvalue weighted by atomic mass is 9.93. The number of nitrogens with zero attached hydrogens (tertiary/aromatic N) is 1. The van der Waals surface area contributed by atoms with Crippen LogP contribution in [0.4, 0.5) is 4.39 Å². The SMILES string of the molecule is COc1cc(F)c(C(=O)N2Cc3ccccc3CC2C(=O)O)cc1OC. The maximum absolute atomic E-state index is 14.5. The molecule has 1 amide bonds. The number of halogens is 1. The highest BCUT2D eigenvalue weighted by Gasteiger charge is 2.36. The average Bonchev–Trinajstić information content (AvgIpc) is 2.65. The second-order valence-corrected chi connectivity index (χ2v) is 5.95. The van der Waals surface area contributed by atoms with Crippen LogP contribution in [0.5, 0.6) is 11.5 Å². The first-order chi connectivity index (χ1) is 12.5. The number of fused-ring (bicyclic) bond motifs is 1. The first-order valence-electron chi connectivity index (χ1n) is 7.98. The van der Waals surface area contributed by atoms with E-state index in [0.29, 0.717) is 0 Å². The Hall–Kier alpha value is -3.09. The van der Waals surface area contributed by atoms with Crippen molar-refractivity contribution in [2.45, 2.75) is 19.0 Å². The van der Waals surface area contributed by atoms with Gasteiger partial charge in [-0.15, -0.1) is 0 Å². The van der Waals surface area contributed by atoms with E-state index in [4.69, 9.17) is 9.47 Å². The molecule has 1 aliphatic rings. The highest BCUT2D eigenvalue weighted by molar-refractivity contribution is 5.97. The normalized spacial score (nSPS) is 16.0. The van der Waals surface area contributed by atoms with Crippen LogP contribution in [0.25, 0.3) is 0 Å². The van der Waals surface area contributed by atoms with E-state index in [1.165, 1.54) is 25.2 Å². The summed E-state index contributed by atoms with van der Waals surface area (Å²) in [6, 6.07) is 8.53. The summed E-state index contributed by atoms with van der Waals surface area (Å²) in [5, 5.41) is 9.55. The van der Waals surface area contributed by atoms with Gasteiger partial charge in [0.05, 0.1) is 19.8 Å². The van der Waals surface area contributed by atoms with E-state index in [-0.39, 0.29) is 30.0 Å². The lowest BCUT2D eigenvalue weighted by Crippen LogP contribution is -2.48. The average molecular weight is 359 g/mol. The highest BCUT2D eigenvalue weighted by Crippen LogP contribution is 2.32. The number of hydrogen-bond acceptors (Lipinski definition) is 4. The van der Waals surface area contributed by atoms with Gasteiger partial charge in [0, 0.05) is 19.0 Å². The maximum Gasteiger partial charge on any atom is 0.326 e. The van der Waals surface area contributed by atoms with Gasteiger partial charge in [-0.25, -0.2) is 9.18 Å². The summed E-state index contributed by atoms with van der Waals surface area (Å²) in [6.45, 7) is 0.0970. The monoisotopic (exact) mass is 359 g/mol. The molecule has 1 aliphatic heterocycles. The molecule has 0 saturated carbocycles. The molecule has 1 atom stereocenters. The van der Waals surface area contributed by atoms with E-state index in [1.807, 2.05) is 24.3 Å². The number of benzene rings is 2. The van der Waals surface area contributed by atoms with Gasteiger partial charge < -0.3 is 19.5 Å². The Balaban J connectivity index is 2.02. The third-order valence-electron chi connectivity index (χ3n) is 4.50. The summed E-state index contributed by atoms with van der Waals surface area (Å²) in [5.74, 6) is -2.28. The number of rotatable bonds is 4.